The van der Waals surface area contributed by atoms with Crippen LogP contribution in [0, 0.1) is 0 Å². The first-order chi connectivity index (χ1) is 14.6. The number of aryl methyl sites for hydroxylation is 1. The summed E-state index contributed by atoms with van der Waals surface area (Å²) in [5.74, 6) is -0.458. The predicted octanol–water partition coefficient (Wildman–Crippen LogP) is 3.42. The molecule has 0 bridgehead atoms. The summed E-state index contributed by atoms with van der Waals surface area (Å²) in [4.78, 5) is 28.5. The number of thioether (sulfide) groups is 1. The molecule has 0 fully saturated rings. The lowest BCUT2D eigenvalue weighted by molar-refractivity contribution is -0.113. The van der Waals surface area contributed by atoms with Crippen LogP contribution >= 0.6 is 11.8 Å². The summed E-state index contributed by atoms with van der Waals surface area (Å²) in [6.07, 6.45) is 0. The number of hydrogen-bond donors (Lipinski definition) is 1. The number of benzene rings is 2. The summed E-state index contributed by atoms with van der Waals surface area (Å²) in [5, 5.41) is 12.7. The number of para-hydroxylation sites is 1. The van der Waals surface area contributed by atoms with Crippen molar-refractivity contribution in [3.63, 3.8) is 0 Å². The lowest BCUT2D eigenvalue weighted by Gasteiger charge is -2.06. The highest BCUT2D eigenvalue weighted by molar-refractivity contribution is 7.99. The third-order valence-corrected chi connectivity index (χ3v) is 5.34. The Hall–Kier alpha value is -3.46. The molecule has 8 nitrogen and oxygen atoms in total. The van der Waals surface area contributed by atoms with E-state index in [4.69, 9.17) is 4.74 Å². The molecular formula is C21H19N5O3S. The molecule has 0 aliphatic carbocycles. The minimum absolute atomic E-state index is 0.136. The number of carbonyl (C=O) groups is 2. The summed E-state index contributed by atoms with van der Waals surface area (Å²) in [6, 6.07) is 14.5. The fourth-order valence-electron chi connectivity index (χ4n) is 3.08. The van der Waals surface area contributed by atoms with Crippen LogP contribution in [0.15, 0.2) is 53.7 Å². The molecule has 0 radical (unpaired) electrons. The van der Waals surface area contributed by atoms with Crippen molar-refractivity contribution in [3.05, 3.63) is 54.1 Å². The van der Waals surface area contributed by atoms with Gasteiger partial charge in [0.05, 0.1) is 23.4 Å². The lowest BCUT2D eigenvalue weighted by atomic mass is 10.2. The average molecular weight is 421 g/mol. The number of rotatable bonds is 6. The van der Waals surface area contributed by atoms with Crippen LogP contribution in [-0.4, -0.2) is 44.0 Å². The smallest absolute Gasteiger partial charge is 0.338 e. The van der Waals surface area contributed by atoms with Gasteiger partial charge in [0.2, 0.25) is 11.1 Å². The van der Waals surface area contributed by atoms with E-state index < -0.39 is 0 Å². The van der Waals surface area contributed by atoms with E-state index in [1.807, 2.05) is 35.9 Å². The molecule has 2 aromatic heterocycles. The number of nitrogens with one attached hydrogen (secondary N) is 1. The maximum Gasteiger partial charge on any atom is 0.338 e. The third kappa shape index (κ3) is 3.97. The highest BCUT2D eigenvalue weighted by Crippen LogP contribution is 2.25. The maximum atomic E-state index is 12.3. The molecular weight excluding hydrogens is 402 g/mol. The number of carbonyl (C=O) groups excluding carboxylic acids is 2. The Kier molecular flexibility index (Phi) is 5.62. The standard InChI is InChI=1S/C21H19N5O3S/c1-3-29-20(28)13-8-10-14(11-9-13)22-17(27)12-30-21-23-19-18(24-25-21)15-6-4-5-7-16(15)26(19)2/h4-11H,3,12H2,1-2H3,(H,22,27). The van der Waals surface area contributed by atoms with E-state index in [2.05, 4.69) is 20.5 Å². The molecule has 9 heteroatoms. The molecule has 0 saturated carbocycles. The van der Waals surface area contributed by atoms with Gasteiger partial charge in [0, 0.05) is 18.1 Å². The third-order valence-electron chi connectivity index (χ3n) is 4.50. The summed E-state index contributed by atoms with van der Waals surface area (Å²) in [5.41, 5.74) is 3.52. The molecule has 0 spiro atoms. The quantitative estimate of drug-likeness (QED) is 0.376. The Balaban J connectivity index is 1.41. The molecule has 0 atom stereocenters. The van der Waals surface area contributed by atoms with Crippen LogP contribution in [0.5, 0.6) is 0 Å². The molecule has 4 rings (SSSR count). The van der Waals surface area contributed by atoms with Gasteiger partial charge in [0.1, 0.15) is 5.52 Å². The van der Waals surface area contributed by atoms with E-state index in [1.165, 1.54) is 11.8 Å². The van der Waals surface area contributed by atoms with Crippen LogP contribution in [0.25, 0.3) is 22.1 Å². The fraction of sp³-hybridized carbons (Fsp3) is 0.190. The monoisotopic (exact) mass is 421 g/mol. The first kappa shape index (κ1) is 19.8. The number of amides is 1. The minimum atomic E-state index is -0.390. The topological polar surface area (TPSA) is 99.0 Å². The number of fused-ring (bicyclic) bond motifs is 3. The van der Waals surface area contributed by atoms with E-state index >= 15 is 0 Å². The van der Waals surface area contributed by atoms with E-state index in [9.17, 15) is 9.59 Å². The fourth-order valence-corrected chi connectivity index (χ4v) is 3.67. The lowest BCUT2D eigenvalue weighted by Crippen LogP contribution is -2.14. The van der Waals surface area contributed by atoms with Crippen LogP contribution < -0.4 is 5.32 Å². The number of hydrogen-bond acceptors (Lipinski definition) is 7. The number of ether oxygens (including phenoxy) is 1. The van der Waals surface area contributed by atoms with E-state index in [0.29, 0.717) is 23.0 Å². The van der Waals surface area contributed by atoms with Crippen molar-refractivity contribution in [2.45, 2.75) is 12.1 Å². The van der Waals surface area contributed by atoms with Crippen LogP contribution in [0.2, 0.25) is 0 Å². The SMILES string of the molecule is CCOC(=O)c1ccc(NC(=O)CSc2nnc3c4ccccc4n(C)c3n2)cc1. The van der Waals surface area contributed by atoms with Gasteiger partial charge in [-0.15, -0.1) is 10.2 Å². The van der Waals surface area contributed by atoms with Gasteiger partial charge in [-0.25, -0.2) is 9.78 Å². The number of esters is 1. The average Bonchev–Trinajstić information content (AvgIpc) is 3.05. The van der Waals surface area contributed by atoms with Crippen molar-refractivity contribution < 1.29 is 14.3 Å². The summed E-state index contributed by atoms with van der Waals surface area (Å²) < 4.78 is 6.91. The van der Waals surface area contributed by atoms with Gasteiger partial charge in [0.15, 0.2) is 5.65 Å². The largest absolute Gasteiger partial charge is 0.462 e. The van der Waals surface area contributed by atoms with Gasteiger partial charge in [-0.2, -0.15) is 0 Å². The van der Waals surface area contributed by atoms with Crippen molar-refractivity contribution in [1.29, 1.82) is 0 Å². The zero-order valence-corrected chi connectivity index (χ0v) is 17.3. The molecule has 0 aliphatic heterocycles. The highest BCUT2D eigenvalue weighted by Gasteiger charge is 2.13. The second kappa shape index (κ2) is 8.50. The minimum Gasteiger partial charge on any atom is -0.462 e. The zero-order chi connectivity index (χ0) is 21.1. The van der Waals surface area contributed by atoms with Crippen molar-refractivity contribution in [2.24, 2.45) is 7.05 Å². The van der Waals surface area contributed by atoms with E-state index in [0.717, 1.165) is 22.1 Å². The molecule has 0 saturated heterocycles. The van der Waals surface area contributed by atoms with Gasteiger partial charge >= 0.3 is 5.97 Å². The number of nitrogens with zero attached hydrogens (tertiary/aromatic N) is 4. The van der Waals surface area contributed by atoms with Crippen molar-refractivity contribution in [2.75, 3.05) is 17.7 Å². The maximum absolute atomic E-state index is 12.3. The first-order valence-electron chi connectivity index (χ1n) is 9.34. The van der Waals surface area contributed by atoms with Crippen LogP contribution in [-0.2, 0) is 16.6 Å². The molecule has 0 aliphatic rings. The van der Waals surface area contributed by atoms with Gasteiger partial charge in [-0.1, -0.05) is 30.0 Å². The van der Waals surface area contributed by atoms with Gasteiger partial charge < -0.3 is 14.6 Å². The Morgan fingerprint density at radius 2 is 1.87 bits per heavy atom. The molecule has 30 heavy (non-hydrogen) atoms. The van der Waals surface area contributed by atoms with Crippen LogP contribution in [0.3, 0.4) is 0 Å². The summed E-state index contributed by atoms with van der Waals surface area (Å²) >= 11 is 1.21. The Morgan fingerprint density at radius 3 is 2.63 bits per heavy atom. The first-order valence-corrected chi connectivity index (χ1v) is 10.3. The molecule has 152 valence electrons. The van der Waals surface area contributed by atoms with Gasteiger partial charge in [-0.3, -0.25) is 4.79 Å². The van der Waals surface area contributed by atoms with Crippen LogP contribution in [0.4, 0.5) is 5.69 Å². The zero-order valence-electron chi connectivity index (χ0n) is 16.5. The molecule has 0 unspecified atom stereocenters. The van der Waals surface area contributed by atoms with Crippen molar-refractivity contribution in [1.82, 2.24) is 19.7 Å². The van der Waals surface area contributed by atoms with E-state index in [1.54, 1.807) is 31.2 Å². The second-order valence-electron chi connectivity index (χ2n) is 6.48. The van der Waals surface area contributed by atoms with Gasteiger partial charge in [-0.05, 0) is 37.3 Å². The summed E-state index contributed by atoms with van der Waals surface area (Å²) in [7, 11) is 1.93. The molecule has 4 aromatic rings. The molecule has 2 heterocycles. The number of aromatic nitrogens is 4. The van der Waals surface area contributed by atoms with Crippen molar-refractivity contribution in [3.8, 4) is 0 Å². The molecule has 1 amide bonds. The summed E-state index contributed by atoms with van der Waals surface area (Å²) in [6.45, 7) is 2.07. The second-order valence-corrected chi connectivity index (χ2v) is 7.42. The van der Waals surface area contributed by atoms with E-state index in [-0.39, 0.29) is 17.6 Å². The Morgan fingerprint density at radius 1 is 1.10 bits per heavy atom. The Bertz CT molecular complexity index is 1240. The molecule has 1 N–H and O–H groups in total. The van der Waals surface area contributed by atoms with Crippen LogP contribution in [0.1, 0.15) is 17.3 Å². The van der Waals surface area contributed by atoms with Crippen molar-refractivity contribution >= 4 is 51.4 Å². The normalized spacial score (nSPS) is 11.0. The molecule has 2 aromatic carbocycles. The predicted molar refractivity (Wildman–Crippen MR) is 116 cm³/mol. The number of anilines is 1. The highest BCUT2D eigenvalue weighted by atomic mass is 32.2. The Labute approximate surface area is 176 Å². The van der Waals surface area contributed by atoms with Gasteiger partial charge in [0.25, 0.3) is 0 Å².